The van der Waals surface area contributed by atoms with Crippen molar-refractivity contribution in [1.29, 1.82) is 0 Å². The number of fused-ring (bicyclic) bond motifs is 1. The van der Waals surface area contributed by atoms with Gasteiger partial charge in [-0.15, -0.1) is 15.0 Å². The third-order valence-corrected chi connectivity index (χ3v) is 4.32. The van der Waals surface area contributed by atoms with E-state index in [0.29, 0.717) is 42.6 Å². The van der Waals surface area contributed by atoms with Gasteiger partial charge in [-0.2, -0.15) is 4.98 Å². The van der Waals surface area contributed by atoms with Crippen LogP contribution in [0.4, 0.5) is 0 Å². The van der Waals surface area contributed by atoms with Crippen LogP contribution in [0.1, 0.15) is 17.3 Å². The summed E-state index contributed by atoms with van der Waals surface area (Å²) >= 11 is 0. The Hall–Kier alpha value is -3.30. The maximum atomic E-state index is 9.27. The highest BCUT2D eigenvalue weighted by atomic mass is 16.5. The molecule has 0 saturated heterocycles. The number of nitrogens with zero attached hydrogens (tertiary/aromatic N) is 5. The molecule has 9 heteroatoms. The fourth-order valence-electron chi connectivity index (χ4n) is 2.88. The molecule has 150 valence electrons. The second-order valence-electron chi connectivity index (χ2n) is 6.39. The van der Waals surface area contributed by atoms with Gasteiger partial charge in [-0.25, -0.2) is 0 Å². The van der Waals surface area contributed by atoms with Crippen molar-refractivity contribution in [2.45, 2.75) is 19.4 Å². The van der Waals surface area contributed by atoms with Crippen molar-refractivity contribution in [2.24, 2.45) is 0 Å². The molecule has 0 amide bonds. The standard InChI is InChI=1S/C20H21N5O4/c1-27-11-9-19-21-20(29-24-19)13-28-18-7-6-14(8-10-26)12-17(18)25-22-15-4-2-3-5-16(15)23-25/h2-7,12,26H,8-11,13H2,1H3. The number of aromatic nitrogens is 5. The molecule has 4 rings (SSSR count). The van der Waals surface area contributed by atoms with Crippen LogP contribution in [0.5, 0.6) is 5.75 Å². The molecule has 0 fully saturated rings. The Labute approximate surface area is 166 Å². The molecule has 0 radical (unpaired) electrons. The Morgan fingerprint density at radius 2 is 1.86 bits per heavy atom. The lowest BCUT2D eigenvalue weighted by Gasteiger charge is -2.11. The van der Waals surface area contributed by atoms with E-state index in [-0.39, 0.29) is 13.2 Å². The Morgan fingerprint density at radius 3 is 2.59 bits per heavy atom. The van der Waals surface area contributed by atoms with Crippen LogP contribution in [0, 0.1) is 0 Å². The highest BCUT2D eigenvalue weighted by Crippen LogP contribution is 2.25. The van der Waals surface area contributed by atoms with Gasteiger partial charge in [-0.05, 0) is 36.2 Å². The predicted octanol–water partition coefficient (Wildman–Crippen LogP) is 2.11. The third-order valence-electron chi connectivity index (χ3n) is 4.32. The number of benzene rings is 2. The highest BCUT2D eigenvalue weighted by Gasteiger charge is 2.14. The van der Waals surface area contributed by atoms with Gasteiger partial charge in [0.05, 0.1) is 6.61 Å². The minimum Gasteiger partial charge on any atom is -0.481 e. The van der Waals surface area contributed by atoms with Gasteiger partial charge in [0.15, 0.2) is 12.4 Å². The van der Waals surface area contributed by atoms with Crippen LogP contribution in [0.15, 0.2) is 47.0 Å². The number of hydrogen-bond donors (Lipinski definition) is 1. The molecule has 2 aromatic carbocycles. The van der Waals surface area contributed by atoms with Crippen LogP contribution in [-0.4, -0.2) is 50.6 Å². The lowest BCUT2D eigenvalue weighted by atomic mass is 10.1. The molecule has 0 spiro atoms. The molecule has 9 nitrogen and oxygen atoms in total. The third kappa shape index (κ3) is 4.41. The van der Waals surface area contributed by atoms with Gasteiger partial charge in [0.2, 0.25) is 0 Å². The molecule has 0 aliphatic heterocycles. The topological polar surface area (TPSA) is 108 Å². The summed E-state index contributed by atoms with van der Waals surface area (Å²) in [6, 6.07) is 13.3. The van der Waals surface area contributed by atoms with Crippen LogP contribution in [0.25, 0.3) is 16.7 Å². The molecule has 29 heavy (non-hydrogen) atoms. The second kappa shape index (κ2) is 8.80. The average molecular weight is 395 g/mol. The van der Waals surface area contributed by atoms with E-state index in [2.05, 4.69) is 20.3 Å². The monoisotopic (exact) mass is 395 g/mol. The summed E-state index contributed by atoms with van der Waals surface area (Å²) in [7, 11) is 1.62. The second-order valence-corrected chi connectivity index (χ2v) is 6.39. The quantitative estimate of drug-likeness (QED) is 0.459. The van der Waals surface area contributed by atoms with E-state index in [1.165, 1.54) is 0 Å². The molecule has 2 heterocycles. The molecule has 0 bridgehead atoms. The van der Waals surface area contributed by atoms with Crippen LogP contribution < -0.4 is 4.74 Å². The summed E-state index contributed by atoms with van der Waals surface area (Å²) in [4.78, 5) is 5.83. The van der Waals surface area contributed by atoms with Crippen LogP contribution >= 0.6 is 0 Å². The first kappa shape index (κ1) is 19.0. The average Bonchev–Trinajstić information content (AvgIpc) is 3.38. The Morgan fingerprint density at radius 1 is 1.07 bits per heavy atom. The van der Waals surface area contributed by atoms with Crippen molar-refractivity contribution in [1.82, 2.24) is 25.1 Å². The lowest BCUT2D eigenvalue weighted by Crippen LogP contribution is -2.06. The Kier molecular flexibility index (Phi) is 5.78. The molecule has 1 N–H and O–H groups in total. The zero-order valence-electron chi connectivity index (χ0n) is 16.0. The molecular formula is C20H21N5O4. The van der Waals surface area contributed by atoms with Gasteiger partial charge in [0.25, 0.3) is 5.89 Å². The maximum Gasteiger partial charge on any atom is 0.264 e. The van der Waals surface area contributed by atoms with E-state index in [4.69, 9.17) is 14.0 Å². The summed E-state index contributed by atoms with van der Waals surface area (Å²) in [5, 5.41) is 22.3. The van der Waals surface area contributed by atoms with E-state index in [1.807, 2.05) is 42.5 Å². The van der Waals surface area contributed by atoms with Crippen LogP contribution in [0.3, 0.4) is 0 Å². The van der Waals surface area contributed by atoms with Crippen molar-refractivity contribution in [3.8, 4) is 11.4 Å². The molecule has 0 unspecified atom stereocenters. The van der Waals surface area contributed by atoms with Gasteiger partial charge in [-0.3, -0.25) is 0 Å². The Bertz CT molecular complexity index is 1060. The molecule has 4 aromatic rings. The van der Waals surface area contributed by atoms with E-state index < -0.39 is 0 Å². The Balaban J connectivity index is 1.59. The number of hydrogen-bond acceptors (Lipinski definition) is 8. The van der Waals surface area contributed by atoms with Crippen LogP contribution in [-0.2, 0) is 24.2 Å². The fourth-order valence-corrected chi connectivity index (χ4v) is 2.88. The minimum atomic E-state index is 0.0559. The lowest BCUT2D eigenvalue weighted by molar-refractivity contribution is 0.199. The van der Waals surface area contributed by atoms with Gasteiger partial charge in [-0.1, -0.05) is 23.4 Å². The van der Waals surface area contributed by atoms with E-state index in [1.54, 1.807) is 11.9 Å². The van der Waals surface area contributed by atoms with Crippen molar-refractivity contribution in [3.63, 3.8) is 0 Å². The summed E-state index contributed by atoms with van der Waals surface area (Å²) in [5.41, 5.74) is 3.19. The van der Waals surface area contributed by atoms with Gasteiger partial charge >= 0.3 is 0 Å². The zero-order valence-corrected chi connectivity index (χ0v) is 16.0. The van der Waals surface area contributed by atoms with Gasteiger partial charge in [0.1, 0.15) is 22.5 Å². The van der Waals surface area contributed by atoms with Gasteiger partial charge < -0.3 is 19.1 Å². The van der Waals surface area contributed by atoms with Crippen molar-refractivity contribution in [3.05, 3.63) is 59.7 Å². The molecular weight excluding hydrogens is 374 g/mol. The first-order chi connectivity index (χ1) is 14.3. The largest absolute Gasteiger partial charge is 0.481 e. The van der Waals surface area contributed by atoms with Crippen molar-refractivity contribution in [2.75, 3.05) is 20.3 Å². The van der Waals surface area contributed by atoms with Crippen molar-refractivity contribution >= 4 is 11.0 Å². The molecule has 2 aromatic heterocycles. The summed E-state index contributed by atoms with van der Waals surface area (Å²) in [6.45, 7) is 0.697. The number of methoxy groups -OCH3 is 1. The number of aliphatic hydroxyl groups is 1. The first-order valence-corrected chi connectivity index (χ1v) is 9.26. The highest BCUT2D eigenvalue weighted by molar-refractivity contribution is 5.73. The molecule has 0 aliphatic carbocycles. The predicted molar refractivity (Wildman–Crippen MR) is 104 cm³/mol. The van der Waals surface area contributed by atoms with E-state index in [9.17, 15) is 5.11 Å². The van der Waals surface area contributed by atoms with Crippen LogP contribution in [0.2, 0.25) is 0 Å². The molecule has 0 aliphatic rings. The zero-order chi connectivity index (χ0) is 20.1. The van der Waals surface area contributed by atoms with E-state index in [0.717, 1.165) is 16.6 Å². The fraction of sp³-hybridized carbons (Fsp3) is 0.300. The minimum absolute atomic E-state index is 0.0559. The summed E-state index contributed by atoms with van der Waals surface area (Å²) < 4.78 is 16.2. The number of aliphatic hydroxyl groups excluding tert-OH is 1. The number of rotatable bonds is 9. The maximum absolute atomic E-state index is 9.27. The van der Waals surface area contributed by atoms with E-state index >= 15 is 0 Å². The molecule has 0 atom stereocenters. The summed E-state index contributed by atoms with van der Waals surface area (Å²) in [5.74, 6) is 1.52. The number of ether oxygens (including phenoxy) is 2. The molecule has 0 saturated carbocycles. The van der Waals surface area contributed by atoms with Gasteiger partial charge in [0, 0.05) is 20.1 Å². The van der Waals surface area contributed by atoms with Crippen molar-refractivity contribution < 1.29 is 19.1 Å². The summed E-state index contributed by atoms with van der Waals surface area (Å²) in [6.07, 6.45) is 1.10. The SMILES string of the molecule is COCCc1noc(COc2ccc(CCO)cc2-n2nc3ccccc3n2)n1. The normalized spacial score (nSPS) is 11.2. The first-order valence-electron chi connectivity index (χ1n) is 9.26. The smallest absolute Gasteiger partial charge is 0.264 e.